The fourth-order valence-electron chi connectivity index (χ4n) is 3.43. The maximum absolute atomic E-state index is 13.7. The molecule has 1 atom stereocenters. The number of hydrogen-bond acceptors (Lipinski definition) is 4. The first-order valence-corrected chi connectivity index (χ1v) is 11.1. The first kappa shape index (κ1) is 20.5. The van der Waals surface area contributed by atoms with Crippen molar-refractivity contribution in [2.45, 2.75) is 25.9 Å². The van der Waals surface area contributed by atoms with Crippen molar-refractivity contribution in [3.05, 3.63) is 83.9 Å². The summed E-state index contributed by atoms with van der Waals surface area (Å²) in [4.78, 5) is 13.0. The van der Waals surface area contributed by atoms with Gasteiger partial charge in [0.2, 0.25) is 0 Å². The summed E-state index contributed by atoms with van der Waals surface area (Å²) in [5.41, 5.74) is 0.728. The summed E-state index contributed by atoms with van der Waals surface area (Å²) in [5.74, 6) is -0.0850. The summed E-state index contributed by atoms with van der Waals surface area (Å²) < 4.78 is 25.0. The van der Waals surface area contributed by atoms with Crippen LogP contribution < -0.4 is 0 Å². The van der Waals surface area contributed by atoms with E-state index in [-0.39, 0.29) is 25.4 Å². The van der Waals surface area contributed by atoms with Crippen molar-refractivity contribution in [1.29, 1.82) is 0 Å². The zero-order valence-corrected chi connectivity index (χ0v) is 17.1. The third-order valence-corrected chi connectivity index (χ3v) is 7.12. The molecule has 4 nitrogen and oxygen atoms in total. The Morgan fingerprint density at radius 1 is 0.857 bits per heavy atom. The van der Waals surface area contributed by atoms with Crippen LogP contribution in [0, 0.1) is 0 Å². The predicted octanol–water partition coefficient (Wildman–Crippen LogP) is 6.42. The van der Waals surface area contributed by atoms with Gasteiger partial charge in [0.15, 0.2) is 5.78 Å². The molecule has 0 aromatic heterocycles. The van der Waals surface area contributed by atoms with Crippen LogP contribution in [0.1, 0.15) is 41.8 Å². The van der Waals surface area contributed by atoms with Crippen LogP contribution >= 0.6 is 7.60 Å². The van der Waals surface area contributed by atoms with E-state index in [1.807, 2.05) is 60.7 Å². The Morgan fingerprint density at radius 2 is 1.46 bits per heavy atom. The van der Waals surface area contributed by atoms with Gasteiger partial charge in [0.25, 0.3) is 0 Å². The van der Waals surface area contributed by atoms with E-state index >= 15 is 0 Å². The quantitative estimate of drug-likeness (QED) is 0.309. The van der Waals surface area contributed by atoms with Gasteiger partial charge in [0.1, 0.15) is 0 Å². The van der Waals surface area contributed by atoms with Gasteiger partial charge < -0.3 is 9.05 Å². The van der Waals surface area contributed by atoms with Crippen LogP contribution in [0.15, 0.2) is 72.8 Å². The van der Waals surface area contributed by atoms with Crippen molar-refractivity contribution < 1.29 is 18.4 Å². The summed E-state index contributed by atoms with van der Waals surface area (Å²) in [5, 5.41) is 1.98. The van der Waals surface area contributed by atoms with Crippen LogP contribution in [-0.4, -0.2) is 19.0 Å². The van der Waals surface area contributed by atoms with Gasteiger partial charge in [-0.25, -0.2) is 0 Å². The van der Waals surface area contributed by atoms with Crippen molar-refractivity contribution in [3.63, 3.8) is 0 Å². The molecule has 0 saturated carbocycles. The minimum absolute atomic E-state index is 0.0509. The van der Waals surface area contributed by atoms with E-state index in [1.54, 1.807) is 26.0 Å². The summed E-state index contributed by atoms with van der Waals surface area (Å²) in [6, 6.07) is 22.8. The van der Waals surface area contributed by atoms with Gasteiger partial charge in [0.05, 0.1) is 18.9 Å². The number of benzene rings is 3. The average molecular weight is 396 g/mol. The van der Waals surface area contributed by atoms with Gasteiger partial charge >= 0.3 is 7.60 Å². The Bertz CT molecular complexity index is 969. The fourth-order valence-corrected chi connectivity index (χ4v) is 5.54. The molecule has 1 unspecified atom stereocenters. The van der Waals surface area contributed by atoms with E-state index in [9.17, 15) is 9.36 Å². The van der Waals surface area contributed by atoms with Crippen LogP contribution in [-0.2, 0) is 13.6 Å². The lowest BCUT2D eigenvalue weighted by Crippen LogP contribution is -2.12. The van der Waals surface area contributed by atoms with Gasteiger partial charge in [-0.3, -0.25) is 9.36 Å². The van der Waals surface area contributed by atoms with E-state index in [1.165, 1.54) is 0 Å². The number of hydrogen-bond donors (Lipinski definition) is 0. The maximum Gasteiger partial charge on any atom is 0.338 e. The molecule has 0 N–H and O–H groups in total. The minimum atomic E-state index is -3.55. The highest BCUT2D eigenvalue weighted by Gasteiger charge is 2.39. The summed E-state index contributed by atoms with van der Waals surface area (Å²) in [6.45, 7) is 4.06. The highest BCUT2D eigenvalue weighted by molar-refractivity contribution is 7.54. The normalized spacial score (nSPS) is 12.8. The molecule has 3 aromatic rings. The molecule has 0 aliphatic carbocycles. The molecule has 0 heterocycles. The fraction of sp³-hybridized carbons (Fsp3) is 0.261. The molecule has 0 fully saturated rings. The van der Waals surface area contributed by atoms with E-state index < -0.39 is 13.3 Å². The number of Topliss-reactive ketones (excluding diaryl/α,β-unsaturated/α-hetero) is 1. The first-order valence-electron chi connectivity index (χ1n) is 9.53. The third-order valence-electron chi connectivity index (χ3n) is 4.66. The molecule has 0 amide bonds. The molecule has 0 aliphatic rings. The van der Waals surface area contributed by atoms with Crippen molar-refractivity contribution in [3.8, 4) is 0 Å². The largest absolute Gasteiger partial charge is 0.338 e. The SMILES string of the molecule is CCOP(=O)(OCC)C(CC(=O)c1ccccc1)c1cccc2ccccc12. The first-order chi connectivity index (χ1) is 13.6. The van der Waals surface area contributed by atoms with E-state index in [4.69, 9.17) is 9.05 Å². The monoisotopic (exact) mass is 396 g/mol. The molecular weight excluding hydrogens is 371 g/mol. The standard InChI is InChI=1S/C23H25O4P/c1-3-26-28(25,27-4-2)23(17-22(24)19-12-6-5-7-13-19)21-16-10-14-18-11-8-9-15-20(18)21/h5-16,23H,3-4,17H2,1-2H3. The lowest BCUT2D eigenvalue weighted by Gasteiger charge is -2.27. The number of rotatable bonds is 9. The van der Waals surface area contributed by atoms with E-state index in [0.717, 1.165) is 16.3 Å². The van der Waals surface area contributed by atoms with Crippen molar-refractivity contribution in [2.24, 2.45) is 0 Å². The van der Waals surface area contributed by atoms with Crippen LogP contribution in [0.2, 0.25) is 0 Å². The van der Waals surface area contributed by atoms with Gasteiger partial charge in [0, 0.05) is 12.0 Å². The molecule has 3 aromatic carbocycles. The van der Waals surface area contributed by atoms with Crippen LogP contribution in [0.25, 0.3) is 10.8 Å². The Morgan fingerprint density at radius 3 is 2.14 bits per heavy atom. The van der Waals surface area contributed by atoms with E-state index in [2.05, 4.69) is 0 Å². The highest BCUT2D eigenvalue weighted by Crippen LogP contribution is 2.63. The molecule has 0 radical (unpaired) electrons. The molecule has 146 valence electrons. The molecule has 0 bridgehead atoms. The second-order valence-corrected chi connectivity index (χ2v) is 8.67. The Kier molecular flexibility index (Phi) is 6.79. The van der Waals surface area contributed by atoms with E-state index in [0.29, 0.717) is 5.56 Å². The van der Waals surface area contributed by atoms with Gasteiger partial charge in [-0.15, -0.1) is 0 Å². The van der Waals surface area contributed by atoms with Gasteiger partial charge in [-0.05, 0) is 30.2 Å². The number of fused-ring (bicyclic) bond motifs is 1. The van der Waals surface area contributed by atoms with Gasteiger partial charge in [-0.2, -0.15) is 0 Å². The average Bonchev–Trinajstić information content (AvgIpc) is 2.72. The predicted molar refractivity (Wildman–Crippen MR) is 113 cm³/mol. The molecule has 5 heteroatoms. The minimum Gasteiger partial charge on any atom is -0.308 e. The third kappa shape index (κ3) is 4.41. The number of carbonyl (C=O) groups excluding carboxylic acids is 1. The van der Waals surface area contributed by atoms with Crippen LogP contribution in [0.4, 0.5) is 0 Å². The Labute approximate surface area is 166 Å². The molecule has 28 heavy (non-hydrogen) atoms. The zero-order valence-electron chi connectivity index (χ0n) is 16.2. The topological polar surface area (TPSA) is 52.6 Å². The number of carbonyl (C=O) groups is 1. The number of ketones is 1. The Balaban J connectivity index is 2.11. The summed E-state index contributed by atoms with van der Waals surface area (Å²) in [6.07, 6.45) is 0.0509. The molecule has 0 saturated heterocycles. The second-order valence-electron chi connectivity index (χ2n) is 6.45. The molecule has 0 spiro atoms. The summed E-state index contributed by atoms with van der Waals surface area (Å²) in [7, 11) is -3.55. The van der Waals surface area contributed by atoms with Crippen molar-refractivity contribution in [2.75, 3.05) is 13.2 Å². The lowest BCUT2D eigenvalue weighted by atomic mass is 9.97. The van der Waals surface area contributed by atoms with Crippen molar-refractivity contribution in [1.82, 2.24) is 0 Å². The maximum atomic E-state index is 13.7. The zero-order chi connectivity index (χ0) is 20.0. The molecule has 3 rings (SSSR count). The highest BCUT2D eigenvalue weighted by atomic mass is 31.2. The molecular formula is C23H25O4P. The van der Waals surface area contributed by atoms with Crippen molar-refractivity contribution >= 4 is 24.2 Å². The lowest BCUT2D eigenvalue weighted by molar-refractivity contribution is 0.0973. The van der Waals surface area contributed by atoms with Crippen LogP contribution in [0.3, 0.4) is 0 Å². The van der Waals surface area contributed by atoms with Crippen LogP contribution in [0.5, 0.6) is 0 Å². The Hall–Kier alpha value is -2.26. The summed E-state index contributed by atoms with van der Waals surface area (Å²) >= 11 is 0. The second kappa shape index (κ2) is 9.29. The smallest absolute Gasteiger partial charge is 0.308 e. The molecule has 0 aliphatic heterocycles. The van der Waals surface area contributed by atoms with Gasteiger partial charge in [-0.1, -0.05) is 72.8 Å².